The molecule has 1 saturated carbocycles. The summed E-state index contributed by atoms with van der Waals surface area (Å²) in [5.41, 5.74) is 0.185. The maximum absolute atomic E-state index is 11.9. The molecule has 0 unspecified atom stereocenters. The van der Waals surface area contributed by atoms with Gasteiger partial charge >= 0.3 is 0 Å². The van der Waals surface area contributed by atoms with E-state index in [0.29, 0.717) is 6.54 Å². The Morgan fingerprint density at radius 1 is 1.29 bits per heavy atom. The van der Waals surface area contributed by atoms with E-state index in [2.05, 4.69) is 11.6 Å². The minimum Gasteiger partial charge on any atom is -0.508 e. The van der Waals surface area contributed by atoms with Crippen molar-refractivity contribution in [2.75, 3.05) is 6.54 Å². The second-order valence-electron chi connectivity index (χ2n) is 4.67. The fraction of sp³-hybridized carbons (Fsp3) is 0.500. The maximum Gasteiger partial charge on any atom is 0.240 e. The van der Waals surface area contributed by atoms with Gasteiger partial charge in [0.2, 0.25) is 10.0 Å². The fourth-order valence-electron chi connectivity index (χ4n) is 1.79. The molecule has 0 aliphatic heterocycles. The zero-order chi connectivity index (χ0) is 12.5. The van der Waals surface area contributed by atoms with Crippen LogP contribution in [-0.2, 0) is 10.0 Å². The average molecular weight is 255 g/mol. The minimum absolute atomic E-state index is 0.0659. The molecule has 0 aromatic heterocycles. The SMILES string of the molecule is CCC1(CNS(=O)(=O)c2ccc(O)cc2)CC1. The lowest BCUT2D eigenvalue weighted by molar-refractivity contribution is 0.473. The molecule has 1 aromatic carbocycles. The van der Waals surface area contributed by atoms with Crippen LogP contribution >= 0.6 is 0 Å². The van der Waals surface area contributed by atoms with Gasteiger partial charge in [-0.1, -0.05) is 6.92 Å². The van der Waals surface area contributed by atoms with Crippen LogP contribution in [0.15, 0.2) is 29.2 Å². The number of benzene rings is 1. The minimum atomic E-state index is -3.44. The van der Waals surface area contributed by atoms with Gasteiger partial charge in [-0.25, -0.2) is 13.1 Å². The number of aromatic hydroxyl groups is 1. The molecule has 1 aromatic rings. The van der Waals surface area contributed by atoms with Crippen molar-refractivity contribution in [3.05, 3.63) is 24.3 Å². The van der Waals surface area contributed by atoms with E-state index in [-0.39, 0.29) is 16.1 Å². The zero-order valence-corrected chi connectivity index (χ0v) is 10.6. The van der Waals surface area contributed by atoms with Crippen LogP contribution < -0.4 is 4.72 Å². The topological polar surface area (TPSA) is 66.4 Å². The second kappa shape index (κ2) is 4.31. The first-order chi connectivity index (χ1) is 7.97. The lowest BCUT2D eigenvalue weighted by Crippen LogP contribution is -2.30. The van der Waals surface area contributed by atoms with Gasteiger partial charge in [0, 0.05) is 6.54 Å². The van der Waals surface area contributed by atoms with E-state index >= 15 is 0 Å². The molecule has 0 bridgehead atoms. The molecular weight excluding hydrogens is 238 g/mol. The zero-order valence-electron chi connectivity index (χ0n) is 9.81. The molecule has 1 fully saturated rings. The van der Waals surface area contributed by atoms with Crippen molar-refractivity contribution in [3.63, 3.8) is 0 Å². The highest BCUT2D eigenvalue weighted by Gasteiger charge is 2.41. The third-order valence-electron chi connectivity index (χ3n) is 3.49. The van der Waals surface area contributed by atoms with Crippen LogP contribution in [0.5, 0.6) is 5.75 Å². The van der Waals surface area contributed by atoms with E-state index in [9.17, 15) is 8.42 Å². The van der Waals surface area contributed by atoms with Gasteiger partial charge in [0.05, 0.1) is 4.90 Å². The van der Waals surface area contributed by atoms with Gasteiger partial charge in [-0.3, -0.25) is 0 Å². The van der Waals surface area contributed by atoms with Crippen molar-refractivity contribution in [2.24, 2.45) is 5.41 Å². The van der Waals surface area contributed by atoms with E-state index < -0.39 is 10.0 Å². The van der Waals surface area contributed by atoms with Crippen molar-refractivity contribution in [1.82, 2.24) is 4.72 Å². The summed E-state index contributed by atoms with van der Waals surface area (Å²) in [6.45, 7) is 2.59. The molecule has 0 spiro atoms. The first kappa shape index (κ1) is 12.4. The summed E-state index contributed by atoms with van der Waals surface area (Å²) in [5.74, 6) is 0.0659. The summed E-state index contributed by atoms with van der Waals surface area (Å²) in [6.07, 6.45) is 3.20. The maximum atomic E-state index is 11.9. The lowest BCUT2D eigenvalue weighted by atomic mass is 10.1. The molecule has 1 aliphatic rings. The van der Waals surface area contributed by atoms with Gasteiger partial charge in [0.15, 0.2) is 0 Å². The number of phenolic OH excluding ortho intramolecular Hbond substituents is 1. The number of phenols is 1. The average Bonchev–Trinajstić information content (AvgIpc) is 3.08. The van der Waals surface area contributed by atoms with E-state index in [0.717, 1.165) is 19.3 Å². The Morgan fingerprint density at radius 3 is 2.35 bits per heavy atom. The molecule has 17 heavy (non-hydrogen) atoms. The van der Waals surface area contributed by atoms with Gasteiger partial charge < -0.3 is 5.11 Å². The van der Waals surface area contributed by atoms with E-state index in [1.165, 1.54) is 24.3 Å². The number of rotatable bonds is 5. The third-order valence-corrected chi connectivity index (χ3v) is 4.91. The fourth-order valence-corrected chi connectivity index (χ4v) is 2.95. The predicted molar refractivity (Wildman–Crippen MR) is 65.3 cm³/mol. The Bertz CT molecular complexity index is 489. The monoisotopic (exact) mass is 255 g/mol. The van der Waals surface area contributed by atoms with Gasteiger partial charge in [-0.05, 0) is 48.9 Å². The van der Waals surface area contributed by atoms with E-state index in [4.69, 9.17) is 5.11 Å². The number of hydrogen-bond donors (Lipinski definition) is 2. The summed E-state index contributed by atoms with van der Waals surface area (Å²) >= 11 is 0. The van der Waals surface area contributed by atoms with Gasteiger partial charge in [-0.2, -0.15) is 0 Å². The van der Waals surface area contributed by atoms with Crippen molar-refractivity contribution in [1.29, 1.82) is 0 Å². The molecule has 5 heteroatoms. The molecule has 0 atom stereocenters. The molecule has 1 aliphatic carbocycles. The van der Waals surface area contributed by atoms with Crippen molar-refractivity contribution in [2.45, 2.75) is 31.1 Å². The van der Waals surface area contributed by atoms with Crippen LogP contribution in [0.1, 0.15) is 26.2 Å². The van der Waals surface area contributed by atoms with Crippen LogP contribution in [0, 0.1) is 5.41 Å². The lowest BCUT2D eigenvalue weighted by Gasteiger charge is -2.13. The van der Waals surface area contributed by atoms with E-state index in [1.54, 1.807) is 0 Å². The highest BCUT2D eigenvalue weighted by atomic mass is 32.2. The number of nitrogens with one attached hydrogen (secondary N) is 1. The molecule has 0 amide bonds. The molecule has 2 N–H and O–H groups in total. The highest BCUT2D eigenvalue weighted by Crippen LogP contribution is 2.48. The first-order valence-corrected chi connectivity index (χ1v) is 7.24. The van der Waals surface area contributed by atoms with E-state index in [1.807, 2.05) is 0 Å². The predicted octanol–water partition coefficient (Wildman–Crippen LogP) is 1.86. The molecule has 0 saturated heterocycles. The number of sulfonamides is 1. The Morgan fingerprint density at radius 2 is 1.88 bits per heavy atom. The Kier molecular flexibility index (Phi) is 3.14. The quantitative estimate of drug-likeness (QED) is 0.844. The van der Waals surface area contributed by atoms with Crippen LogP contribution in [0.25, 0.3) is 0 Å². The summed E-state index contributed by atoms with van der Waals surface area (Å²) in [7, 11) is -3.44. The Labute approximate surface area is 102 Å². The summed E-state index contributed by atoms with van der Waals surface area (Å²) in [5, 5.41) is 9.11. The van der Waals surface area contributed by atoms with Crippen LogP contribution in [-0.4, -0.2) is 20.1 Å². The largest absolute Gasteiger partial charge is 0.508 e. The third kappa shape index (κ3) is 2.79. The molecule has 2 rings (SSSR count). The highest BCUT2D eigenvalue weighted by molar-refractivity contribution is 7.89. The Hall–Kier alpha value is -1.07. The summed E-state index contributed by atoms with van der Waals surface area (Å²) in [4.78, 5) is 0.196. The van der Waals surface area contributed by atoms with Gasteiger partial charge in [0.1, 0.15) is 5.75 Å². The summed E-state index contributed by atoms with van der Waals surface area (Å²) in [6, 6.07) is 5.56. The smallest absolute Gasteiger partial charge is 0.240 e. The Balaban J connectivity index is 2.06. The first-order valence-electron chi connectivity index (χ1n) is 5.76. The molecule has 0 radical (unpaired) electrons. The second-order valence-corrected chi connectivity index (χ2v) is 6.44. The van der Waals surface area contributed by atoms with Gasteiger partial charge in [-0.15, -0.1) is 0 Å². The molecule has 94 valence electrons. The van der Waals surface area contributed by atoms with Crippen LogP contribution in [0.3, 0.4) is 0 Å². The van der Waals surface area contributed by atoms with Gasteiger partial charge in [0.25, 0.3) is 0 Å². The normalized spacial score (nSPS) is 17.9. The number of hydrogen-bond acceptors (Lipinski definition) is 3. The molecular formula is C12H17NO3S. The van der Waals surface area contributed by atoms with Crippen molar-refractivity contribution < 1.29 is 13.5 Å². The van der Waals surface area contributed by atoms with Crippen molar-refractivity contribution >= 4 is 10.0 Å². The van der Waals surface area contributed by atoms with Crippen LogP contribution in [0.4, 0.5) is 0 Å². The summed E-state index contributed by atoms with van der Waals surface area (Å²) < 4.78 is 26.5. The molecule has 4 nitrogen and oxygen atoms in total. The molecule has 0 heterocycles. The standard InChI is InChI=1S/C12H17NO3S/c1-2-12(7-8-12)9-13-17(15,16)11-5-3-10(14)4-6-11/h3-6,13-14H,2,7-9H2,1H3. The van der Waals surface area contributed by atoms with Crippen LogP contribution in [0.2, 0.25) is 0 Å². The van der Waals surface area contributed by atoms with Crippen molar-refractivity contribution in [3.8, 4) is 5.75 Å².